The number of aliphatic hydroxyl groups is 1. The molecule has 0 unspecified atom stereocenters. The van der Waals surface area contributed by atoms with Crippen LogP contribution in [0.3, 0.4) is 0 Å². The Labute approximate surface area is 171 Å². The molecule has 3 aliphatic rings. The van der Waals surface area contributed by atoms with E-state index < -0.39 is 11.6 Å². The lowest BCUT2D eigenvalue weighted by Crippen LogP contribution is -2.65. The van der Waals surface area contributed by atoms with Gasteiger partial charge in [-0.25, -0.2) is 4.98 Å². The number of carbonyl (C=O) groups is 1. The van der Waals surface area contributed by atoms with Gasteiger partial charge >= 0.3 is 0 Å². The van der Waals surface area contributed by atoms with E-state index in [0.29, 0.717) is 19.4 Å². The van der Waals surface area contributed by atoms with Crippen LogP contribution in [0.1, 0.15) is 68.0 Å². The van der Waals surface area contributed by atoms with Gasteiger partial charge in [-0.2, -0.15) is 0 Å². The number of amides is 1. The highest BCUT2D eigenvalue weighted by Gasteiger charge is 2.50. The zero-order chi connectivity index (χ0) is 19.8. The molecule has 6 nitrogen and oxygen atoms in total. The van der Waals surface area contributed by atoms with E-state index in [1.807, 2.05) is 25.2 Å². The Morgan fingerprint density at radius 1 is 1.36 bits per heavy atom. The third-order valence-corrected chi connectivity index (χ3v) is 7.88. The first-order valence-electron chi connectivity index (χ1n) is 10.7. The van der Waals surface area contributed by atoms with Gasteiger partial charge in [0.15, 0.2) is 0 Å². The Morgan fingerprint density at radius 3 is 2.82 bits per heavy atom. The second kappa shape index (κ2) is 8.01. The van der Waals surface area contributed by atoms with Crippen LogP contribution >= 0.6 is 11.3 Å². The van der Waals surface area contributed by atoms with Gasteiger partial charge in [-0.05, 0) is 45.4 Å². The van der Waals surface area contributed by atoms with Gasteiger partial charge in [-0.15, -0.1) is 11.3 Å². The van der Waals surface area contributed by atoms with E-state index in [1.165, 1.54) is 34.8 Å². The average molecular weight is 408 g/mol. The van der Waals surface area contributed by atoms with Gasteiger partial charge in [0.25, 0.3) is 0 Å². The minimum Gasteiger partial charge on any atom is -0.388 e. The summed E-state index contributed by atoms with van der Waals surface area (Å²) in [5.41, 5.74) is 0.488. The summed E-state index contributed by atoms with van der Waals surface area (Å²) in [7, 11) is 0. The van der Waals surface area contributed by atoms with Crippen LogP contribution in [-0.4, -0.2) is 57.8 Å². The number of thiazole rings is 1. The molecule has 28 heavy (non-hydrogen) atoms. The fourth-order valence-corrected chi connectivity index (χ4v) is 6.12. The molecule has 0 bridgehead atoms. The van der Waals surface area contributed by atoms with Crippen molar-refractivity contribution in [3.8, 4) is 0 Å². The quantitative estimate of drug-likeness (QED) is 0.802. The standard InChI is InChI=1S/C21H33N3O3S/c1-3-18(26)23-20(2)14-21(27-13-17(20)25)8-10-24(11-9-21)12-19-22-15-6-4-5-7-16(15)28-19/h17,25H,3-14H2,1-2H3,(H,23,26)/t17-,20-/m0/s1. The summed E-state index contributed by atoms with van der Waals surface area (Å²) in [5, 5.41) is 14.8. The highest BCUT2D eigenvalue weighted by atomic mass is 32.1. The SMILES string of the molecule is CCC(=O)N[C@@]1(C)CC2(CCN(Cc3nc4c(s3)CCCC4)CC2)OC[C@@H]1O. The van der Waals surface area contributed by atoms with Gasteiger partial charge in [0, 0.05) is 30.8 Å². The van der Waals surface area contributed by atoms with Crippen LogP contribution in [0, 0.1) is 0 Å². The molecule has 0 radical (unpaired) electrons. The maximum atomic E-state index is 12.0. The second-order valence-electron chi connectivity index (χ2n) is 8.97. The minimum atomic E-state index is -0.659. The van der Waals surface area contributed by atoms with Crippen molar-refractivity contribution < 1.29 is 14.6 Å². The van der Waals surface area contributed by atoms with Crippen LogP contribution < -0.4 is 5.32 Å². The molecule has 7 heteroatoms. The number of likely N-dealkylation sites (tertiary alicyclic amines) is 1. The number of hydrogen-bond acceptors (Lipinski definition) is 6. The molecule has 0 saturated carbocycles. The van der Waals surface area contributed by atoms with Gasteiger partial charge < -0.3 is 15.2 Å². The summed E-state index contributed by atoms with van der Waals surface area (Å²) in [6, 6.07) is 0. The highest BCUT2D eigenvalue weighted by molar-refractivity contribution is 7.11. The Hall–Kier alpha value is -1.02. The average Bonchev–Trinajstić information content (AvgIpc) is 3.09. The molecule has 1 aromatic heterocycles. The third kappa shape index (κ3) is 4.13. The molecule has 1 spiro atoms. The Morgan fingerprint density at radius 2 is 2.11 bits per heavy atom. The molecule has 156 valence electrons. The van der Waals surface area contributed by atoms with Gasteiger partial charge in [0.1, 0.15) is 11.1 Å². The summed E-state index contributed by atoms with van der Waals surface area (Å²) >= 11 is 1.90. The lowest BCUT2D eigenvalue weighted by atomic mass is 9.74. The van der Waals surface area contributed by atoms with Crippen LogP contribution in [0.15, 0.2) is 0 Å². The third-order valence-electron chi connectivity index (χ3n) is 6.73. The number of fused-ring (bicyclic) bond motifs is 1. The molecular weight excluding hydrogens is 374 g/mol. The summed E-state index contributed by atoms with van der Waals surface area (Å²) in [4.78, 5) is 20.8. The number of aromatic nitrogens is 1. The van der Waals surface area contributed by atoms with Crippen molar-refractivity contribution in [2.45, 2.75) is 89.0 Å². The summed E-state index contributed by atoms with van der Waals surface area (Å²) in [6.45, 7) is 6.97. The van der Waals surface area contributed by atoms with E-state index in [-0.39, 0.29) is 11.5 Å². The van der Waals surface area contributed by atoms with E-state index in [1.54, 1.807) is 0 Å². The number of nitrogens with one attached hydrogen (secondary N) is 1. The summed E-state index contributed by atoms with van der Waals surface area (Å²) in [5.74, 6) is -0.0104. The van der Waals surface area contributed by atoms with Crippen molar-refractivity contribution in [2.24, 2.45) is 0 Å². The van der Waals surface area contributed by atoms with Crippen molar-refractivity contribution >= 4 is 17.2 Å². The van der Waals surface area contributed by atoms with Crippen LogP contribution in [0.5, 0.6) is 0 Å². The van der Waals surface area contributed by atoms with Crippen molar-refractivity contribution in [1.82, 2.24) is 15.2 Å². The first-order chi connectivity index (χ1) is 13.4. The lowest BCUT2D eigenvalue weighted by molar-refractivity contribution is -0.181. The Kier molecular flexibility index (Phi) is 5.80. The largest absolute Gasteiger partial charge is 0.388 e. The number of aliphatic hydroxyl groups excluding tert-OH is 1. The minimum absolute atomic E-state index is 0.0104. The van der Waals surface area contributed by atoms with Crippen molar-refractivity contribution in [3.05, 3.63) is 15.6 Å². The molecule has 0 aromatic carbocycles. The van der Waals surface area contributed by atoms with Gasteiger partial charge in [0.2, 0.25) is 5.91 Å². The normalized spacial score (nSPS) is 30.2. The zero-order valence-electron chi connectivity index (χ0n) is 17.1. The van der Waals surface area contributed by atoms with Gasteiger partial charge in [-0.3, -0.25) is 9.69 Å². The number of carbonyl (C=O) groups excluding carboxylic acids is 1. The fraction of sp³-hybridized carbons (Fsp3) is 0.810. The first-order valence-corrected chi connectivity index (χ1v) is 11.6. The fourth-order valence-electron chi connectivity index (χ4n) is 4.92. The molecule has 1 aromatic rings. The van der Waals surface area contributed by atoms with Crippen LogP contribution in [-0.2, 0) is 28.9 Å². The molecule has 2 N–H and O–H groups in total. The van der Waals surface area contributed by atoms with E-state index in [2.05, 4.69) is 10.2 Å². The van der Waals surface area contributed by atoms with E-state index >= 15 is 0 Å². The molecule has 1 amide bonds. The number of hydrogen-bond donors (Lipinski definition) is 2. The molecule has 2 saturated heterocycles. The van der Waals surface area contributed by atoms with Crippen molar-refractivity contribution in [1.29, 1.82) is 0 Å². The topological polar surface area (TPSA) is 74.7 Å². The van der Waals surface area contributed by atoms with Crippen LogP contribution in [0.4, 0.5) is 0 Å². The maximum absolute atomic E-state index is 12.0. The van der Waals surface area contributed by atoms with Crippen LogP contribution in [0.2, 0.25) is 0 Å². The first kappa shape index (κ1) is 20.3. The highest BCUT2D eigenvalue weighted by Crippen LogP contribution is 2.40. The molecule has 2 aliphatic heterocycles. The van der Waals surface area contributed by atoms with Crippen molar-refractivity contribution in [2.75, 3.05) is 19.7 Å². The molecular formula is C21H33N3O3S. The molecule has 4 rings (SSSR count). The Bertz CT molecular complexity index is 690. The number of ether oxygens (including phenoxy) is 1. The molecule has 3 heterocycles. The lowest BCUT2D eigenvalue weighted by Gasteiger charge is -2.52. The van der Waals surface area contributed by atoms with Crippen LogP contribution in [0.25, 0.3) is 0 Å². The van der Waals surface area contributed by atoms with Crippen molar-refractivity contribution in [3.63, 3.8) is 0 Å². The molecule has 1 aliphatic carbocycles. The van der Waals surface area contributed by atoms with E-state index in [4.69, 9.17) is 9.72 Å². The maximum Gasteiger partial charge on any atom is 0.220 e. The van der Waals surface area contributed by atoms with E-state index in [9.17, 15) is 9.90 Å². The predicted octanol–water partition coefficient (Wildman–Crippen LogP) is 2.42. The predicted molar refractivity (Wildman–Crippen MR) is 109 cm³/mol. The zero-order valence-corrected chi connectivity index (χ0v) is 17.9. The van der Waals surface area contributed by atoms with E-state index in [0.717, 1.165) is 38.9 Å². The monoisotopic (exact) mass is 407 g/mol. The summed E-state index contributed by atoms with van der Waals surface area (Å²) in [6.07, 6.45) is 7.24. The molecule has 2 atom stereocenters. The number of aryl methyl sites for hydroxylation is 2. The van der Waals surface area contributed by atoms with Gasteiger partial charge in [0.05, 0.1) is 30.0 Å². The summed E-state index contributed by atoms with van der Waals surface area (Å²) < 4.78 is 6.15. The second-order valence-corrected chi connectivity index (χ2v) is 10.1. The van der Waals surface area contributed by atoms with Gasteiger partial charge in [-0.1, -0.05) is 6.92 Å². The number of rotatable bonds is 4. The molecule has 2 fully saturated rings. The number of piperidine rings is 1. The number of nitrogens with zero attached hydrogens (tertiary/aromatic N) is 2. The smallest absolute Gasteiger partial charge is 0.220 e. The Balaban J connectivity index is 1.36.